The molecule has 120 valence electrons. The minimum Gasteiger partial charge on any atom is -0.465 e. The van der Waals surface area contributed by atoms with Crippen LogP contribution in [0.3, 0.4) is 0 Å². The van der Waals surface area contributed by atoms with Crippen LogP contribution in [0.4, 0.5) is 5.82 Å². The molecule has 2 aromatic heterocycles. The summed E-state index contributed by atoms with van der Waals surface area (Å²) in [6, 6.07) is 7.33. The van der Waals surface area contributed by atoms with Gasteiger partial charge in [-0.1, -0.05) is 0 Å². The second-order valence-corrected chi connectivity index (χ2v) is 6.34. The molecule has 0 bridgehead atoms. The van der Waals surface area contributed by atoms with Gasteiger partial charge in [0.2, 0.25) is 0 Å². The maximum absolute atomic E-state index is 12.3. The predicted octanol–water partition coefficient (Wildman–Crippen LogP) is 2.61. The molecule has 1 aliphatic heterocycles. The van der Waals surface area contributed by atoms with Crippen LogP contribution in [-0.4, -0.2) is 30.5 Å². The summed E-state index contributed by atoms with van der Waals surface area (Å²) >= 11 is 1.49. The van der Waals surface area contributed by atoms with E-state index in [-0.39, 0.29) is 5.91 Å². The Hall–Kier alpha value is -2.25. The summed E-state index contributed by atoms with van der Waals surface area (Å²) in [5.41, 5.74) is 0.344. The Morgan fingerprint density at radius 3 is 2.87 bits per heavy atom. The fourth-order valence-corrected chi connectivity index (χ4v) is 3.49. The molecule has 6 nitrogen and oxygen atoms in total. The zero-order valence-corrected chi connectivity index (χ0v) is 13.5. The first-order valence-corrected chi connectivity index (χ1v) is 8.18. The van der Waals surface area contributed by atoms with Gasteiger partial charge in [0.25, 0.3) is 5.91 Å². The molecule has 2 N–H and O–H groups in total. The van der Waals surface area contributed by atoms with E-state index in [1.165, 1.54) is 35.9 Å². The van der Waals surface area contributed by atoms with E-state index in [0.29, 0.717) is 22.3 Å². The van der Waals surface area contributed by atoms with Crippen molar-refractivity contribution in [2.75, 3.05) is 19.0 Å². The van der Waals surface area contributed by atoms with Crippen molar-refractivity contribution in [1.29, 1.82) is 0 Å². The highest BCUT2D eigenvalue weighted by Gasteiger charge is 2.19. The van der Waals surface area contributed by atoms with Crippen LogP contribution in [0.2, 0.25) is 0 Å². The van der Waals surface area contributed by atoms with Crippen LogP contribution in [0, 0.1) is 0 Å². The number of nitrogens with zero attached hydrogens (tertiary/aromatic N) is 1. The van der Waals surface area contributed by atoms with Crippen molar-refractivity contribution >= 4 is 29.0 Å². The van der Waals surface area contributed by atoms with Crippen LogP contribution in [0.25, 0.3) is 0 Å². The van der Waals surface area contributed by atoms with Gasteiger partial charge in [0.05, 0.1) is 17.6 Å². The Balaban J connectivity index is 1.65. The van der Waals surface area contributed by atoms with Gasteiger partial charge in [-0.3, -0.25) is 4.79 Å². The standard InChI is InChI=1S/C16H17N3O3S/c1-22-16(21)10-4-7-14(18-9-10)19-15(20)13-6-5-12(23-13)11-3-2-8-17-11/h4-7,9,11,17H,2-3,8H2,1H3,(H,18,19,20). The van der Waals surface area contributed by atoms with Crippen LogP contribution in [-0.2, 0) is 4.74 Å². The Bertz CT molecular complexity index is 706. The monoisotopic (exact) mass is 331 g/mol. The van der Waals surface area contributed by atoms with Crippen molar-refractivity contribution in [2.24, 2.45) is 0 Å². The third-order valence-corrected chi connectivity index (χ3v) is 4.88. The third-order valence-electron chi connectivity index (χ3n) is 3.68. The average molecular weight is 331 g/mol. The average Bonchev–Trinajstić information content (AvgIpc) is 3.25. The van der Waals surface area contributed by atoms with E-state index in [1.807, 2.05) is 12.1 Å². The van der Waals surface area contributed by atoms with Crippen LogP contribution in [0.1, 0.15) is 43.8 Å². The van der Waals surface area contributed by atoms with Gasteiger partial charge >= 0.3 is 5.97 Å². The number of hydrogen-bond acceptors (Lipinski definition) is 6. The van der Waals surface area contributed by atoms with Gasteiger partial charge in [-0.2, -0.15) is 0 Å². The van der Waals surface area contributed by atoms with Crippen molar-refractivity contribution in [2.45, 2.75) is 18.9 Å². The molecule has 1 atom stereocenters. The van der Waals surface area contributed by atoms with Gasteiger partial charge < -0.3 is 15.4 Å². The summed E-state index contributed by atoms with van der Waals surface area (Å²) in [4.78, 5) is 29.5. The van der Waals surface area contributed by atoms with Gasteiger partial charge in [0.15, 0.2) is 0 Å². The number of pyridine rings is 1. The van der Waals surface area contributed by atoms with E-state index in [9.17, 15) is 9.59 Å². The molecule has 0 spiro atoms. The van der Waals surface area contributed by atoms with Gasteiger partial charge in [-0.15, -0.1) is 11.3 Å². The van der Waals surface area contributed by atoms with Crippen molar-refractivity contribution in [3.63, 3.8) is 0 Å². The van der Waals surface area contributed by atoms with E-state index >= 15 is 0 Å². The quantitative estimate of drug-likeness (QED) is 0.842. The summed E-state index contributed by atoms with van der Waals surface area (Å²) in [7, 11) is 1.31. The molecule has 23 heavy (non-hydrogen) atoms. The Morgan fingerprint density at radius 1 is 1.35 bits per heavy atom. The highest BCUT2D eigenvalue weighted by molar-refractivity contribution is 7.14. The second-order valence-electron chi connectivity index (χ2n) is 5.23. The lowest BCUT2D eigenvalue weighted by Gasteiger charge is -2.06. The third kappa shape index (κ3) is 3.57. The normalized spacial score (nSPS) is 17.0. The van der Waals surface area contributed by atoms with Crippen LogP contribution in [0.15, 0.2) is 30.5 Å². The summed E-state index contributed by atoms with van der Waals surface area (Å²) in [5.74, 6) is -0.253. The first kappa shape index (κ1) is 15.6. The van der Waals surface area contributed by atoms with Gasteiger partial charge in [-0.05, 0) is 43.7 Å². The Labute approximate surface area is 137 Å². The lowest BCUT2D eigenvalue weighted by molar-refractivity contribution is 0.0600. The fourth-order valence-electron chi connectivity index (χ4n) is 2.47. The summed E-state index contributed by atoms with van der Waals surface area (Å²) in [6.07, 6.45) is 3.66. The fraction of sp³-hybridized carbons (Fsp3) is 0.312. The van der Waals surface area contributed by atoms with Crippen molar-refractivity contribution in [3.05, 3.63) is 45.8 Å². The topological polar surface area (TPSA) is 80.3 Å². The molecule has 3 heterocycles. The number of amides is 1. The molecule has 7 heteroatoms. The molecule has 3 rings (SSSR count). The second kappa shape index (κ2) is 6.89. The number of carbonyl (C=O) groups excluding carboxylic acids is 2. The number of nitrogens with one attached hydrogen (secondary N) is 2. The molecular weight excluding hydrogens is 314 g/mol. The molecule has 0 saturated carbocycles. The van der Waals surface area contributed by atoms with Crippen molar-refractivity contribution < 1.29 is 14.3 Å². The number of hydrogen-bond donors (Lipinski definition) is 2. The minimum absolute atomic E-state index is 0.197. The molecule has 0 aromatic carbocycles. The number of aromatic nitrogens is 1. The maximum Gasteiger partial charge on any atom is 0.339 e. The molecule has 2 aromatic rings. The molecule has 1 fully saturated rings. The number of carbonyl (C=O) groups is 2. The van der Waals surface area contributed by atoms with E-state index in [4.69, 9.17) is 0 Å². The first-order chi connectivity index (χ1) is 11.2. The van der Waals surface area contributed by atoms with Crippen molar-refractivity contribution in [1.82, 2.24) is 10.3 Å². The summed E-state index contributed by atoms with van der Waals surface area (Å²) in [5, 5.41) is 6.15. The van der Waals surface area contributed by atoms with E-state index in [0.717, 1.165) is 13.0 Å². The zero-order valence-electron chi connectivity index (χ0n) is 12.7. The number of anilines is 1. The predicted molar refractivity (Wildman–Crippen MR) is 87.8 cm³/mol. The number of rotatable bonds is 4. The smallest absolute Gasteiger partial charge is 0.339 e. The number of ether oxygens (including phenoxy) is 1. The number of esters is 1. The summed E-state index contributed by atoms with van der Waals surface area (Å²) in [6.45, 7) is 1.03. The van der Waals surface area contributed by atoms with Crippen LogP contribution >= 0.6 is 11.3 Å². The lowest BCUT2D eigenvalue weighted by atomic mass is 10.2. The number of methoxy groups -OCH3 is 1. The van der Waals surface area contributed by atoms with Crippen LogP contribution in [0.5, 0.6) is 0 Å². The first-order valence-electron chi connectivity index (χ1n) is 7.36. The van der Waals surface area contributed by atoms with E-state index in [1.54, 1.807) is 12.1 Å². The number of thiophene rings is 1. The minimum atomic E-state index is -0.456. The highest BCUT2D eigenvalue weighted by Crippen LogP contribution is 2.29. The molecule has 1 unspecified atom stereocenters. The molecule has 1 saturated heterocycles. The van der Waals surface area contributed by atoms with Crippen LogP contribution < -0.4 is 10.6 Å². The Morgan fingerprint density at radius 2 is 2.22 bits per heavy atom. The molecular formula is C16H17N3O3S. The SMILES string of the molecule is COC(=O)c1ccc(NC(=O)c2ccc(C3CCCN3)s2)nc1. The lowest BCUT2D eigenvalue weighted by Crippen LogP contribution is -2.12. The Kier molecular flexibility index (Phi) is 4.68. The van der Waals surface area contributed by atoms with Gasteiger partial charge in [0.1, 0.15) is 5.82 Å². The van der Waals surface area contributed by atoms with E-state index in [2.05, 4.69) is 20.4 Å². The maximum atomic E-state index is 12.3. The van der Waals surface area contributed by atoms with Gasteiger partial charge in [-0.25, -0.2) is 9.78 Å². The summed E-state index contributed by atoms with van der Waals surface area (Å²) < 4.78 is 4.61. The van der Waals surface area contributed by atoms with E-state index < -0.39 is 5.97 Å². The molecule has 0 radical (unpaired) electrons. The van der Waals surface area contributed by atoms with Crippen molar-refractivity contribution in [3.8, 4) is 0 Å². The molecule has 1 aliphatic rings. The highest BCUT2D eigenvalue weighted by atomic mass is 32.1. The molecule has 0 aliphatic carbocycles. The van der Waals surface area contributed by atoms with Gasteiger partial charge in [0, 0.05) is 17.1 Å². The molecule has 1 amide bonds. The largest absolute Gasteiger partial charge is 0.465 e. The zero-order chi connectivity index (χ0) is 16.2.